The molecular weight excluding hydrogens is 290 g/mol. The molecule has 1 aromatic carbocycles. The summed E-state index contributed by atoms with van der Waals surface area (Å²) in [5, 5.41) is 0. The number of halogens is 1. The molecule has 3 nitrogen and oxygen atoms in total. The molecule has 2 rings (SSSR count). The lowest BCUT2D eigenvalue weighted by molar-refractivity contribution is 0.628. The van der Waals surface area contributed by atoms with Gasteiger partial charge < -0.3 is 10.3 Å². The number of hydrogen-bond donors (Lipinski definition) is 1. The summed E-state index contributed by atoms with van der Waals surface area (Å²) in [6.45, 7) is 5.11. The van der Waals surface area contributed by atoms with E-state index in [9.17, 15) is 0 Å². The summed E-state index contributed by atoms with van der Waals surface area (Å²) in [4.78, 5) is 4.36. The van der Waals surface area contributed by atoms with Crippen molar-refractivity contribution in [1.82, 2.24) is 9.55 Å². The highest BCUT2D eigenvalue weighted by atomic mass is 79.9. The van der Waals surface area contributed by atoms with E-state index in [1.54, 1.807) is 0 Å². The average molecular weight is 308 g/mol. The molecule has 18 heavy (non-hydrogen) atoms. The summed E-state index contributed by atoms with van der Waals surface area (Å²) in [7, 11) is 0. The molecule has 0 aliphatic heterocycles. The number of nitrogens with zero attached hydrogens (tertiary/aromatic N) is 2. The summed E-state index contributed by atoms with van der Waals surface area (Å²) in [6.07, 6.45) is 4.58. The Bertz CT molecular complexity index is 534. The zero-order chi connectivity index (χ0) is 13.1. The minimum Gasteiger partial charge on any atom is -0.335 e. The predicted octanol–water partition coefficient (Wildman–Crippen LogP) is 3.22. The third-order valence-electron chi connectivity index (χ3n) is 3.17. The van der Waals surface area contributed by atoms with E-state index in [0.29, 0.717) is 0 Å². The molecule has 1 heterocycles. The van der Waals surface area contributed by atoms with Gasteiger partial charge in [-0.2, -0.15) is 0 Å². The van der Waals surface area contributed by atoms with Gasteiger partial charge in [0.1, 0.15) is 5.82 Å². The number of hydrogen-bond acceptors (Lipinski definition) is 2. The number of benzene rings is 1. The van der Waals surface area contributed by atoms with Gasteiger partial charge >= 0.3 is 0 Å². The Morgan fingerprint density at radius 1 is 1.44 bits per heavy atom. The Hall–Kier alpha value is -1.13. The third-order valence-corrected chi connectivity index (χ3v) is 4.02. The highest BCUT2D eigenvalue weighted by Gasteiger charge is 2.11. The average Bonchev–Trinajstić information content (AvgIpc) is 2.79. The SMILES string of the molecule is CCn1ccnc1CC(N)c1ccc(C)c(Br)c1. The first-order valence-corrected chi connectivity index (χ1v) is 6.92. The van der Waals surface area contributed by atoms with Crippen molar-refractivity contribution in [2.75, 3.05) is 0 Å². The van der Waals surface area contributed by atoms with Crippen LogP contribution in [0.3, 0.4) is 0 Å². The van der Waals surface area contributed by atoms with Gasteiger partial charge in [-0.3, -0.25) is 0 Å². The molecule has 0 radical (unpaired) electrons. The fourth-order valence-electron chi connectivity index (χ4n) is 1.97. The van der Waals surface area contributed by atoms with Crippen LogP contribution in [0.15, 0.2) is 35.1 Å². The lowest BCUT2D eigenvalue weighted by atomic mass is 10.0. The van der Waals surface area contributed by atoms with Crippen LogP contribution < -0.4 is 5.73 Å². The van der Waals surface area contributed by atoms with Gasteiger partial charge in [0.2, 0.25) is 0 Å². The molecule has 1 unspecified atom stereocenters. The quantitative estimate of drug-likeness (QED) is 0.942. The van der Waals surface area contributed by atoms with Crippen molar-refractivity contribution in [3.05, 3.63) is 52.0 Å². The molecule has 0 aliphatic carbocycles. The zero-order valence-electron chi connectivity index (χ0n) is 10.7. The van der Waals surface area contributed by atoms with Crippen LogP contribution in [0.2, 0.25) is 0 Å². The molecule has 0 bridgehead atoms. The summed E-state index contributed by atoms with van der Waals surface area (Å²) in [5.74, 6) is 1.04. The minimum atomic E-state index is -0.0189. The molecule has 0 aliphatic rings. The molecule has 0 saturated heterocycles. The Morgan fingerprint density at radius 2 is 2.22 bits per heavy atom. The van der Waals surface area contributed by atoms with Gasteiger partial charge in [0.05, 0.1) is 0 Å². The monoisotopic (exact) mass is 307 g/mol. The fourth-order valence-corrected chi connectivity index (χ4v) is 2.37. The first-order chi connectivity index (χ1) is 8.61. The normalized spacial score (nSPS) is 12.7. The standard InChI is InChI=1S/C14H18BrN3/c1-3-18-7-6-17-14(18)9-13(16)11-5-4-10(2)12(15)8-11/h4-8,13H,3,9,16H2,1-2H3. The number of imidazole rings is 1. The number of aryl methyl sites for hydroxylation is 2. The van der Waals surface area contributed by atoms with Gasteiger partial charge in [-0.05, 0) is 31.0 Å². The van der Waals surface area contributed by atoms with Crippen molar-refractivity contribution >= 4 is 15.9 Å². The van der Waals surface area contributed by atoms with E-state index in [-0.39, 0.29) is 6.04 Å². The van der Waals surface area contributed by atoms with Crippen molar-refractivity contribution in [3.8, 4) is 0 Å². The van der Waals surface area contributed by atoms with Crippen molar-refractivity contribution in [3.63, 3.8) is 0 Å². The van der Waals surface area contributed by atoms with Gasteiger partial charge in [-0.1, -0.05) is 28.1 Å². The number of rotatable bonds is 4. The van der Waals surface area contributed by atoms with Crippen molar-refractivity contribution in [1.29, 1.82) is 0 Å². The molecule has 1 atom stereocenters. The minimum absolute atomic E-state index is 0.0189. The Labute approximate surface area is 116 Å². The van der Waals surface area contributed by atoms with E-state index in [4.69, 9.17) is 5.73 Å². The Kier molecular flexibility index (Phi) is 4.19. The van der Waals surface area contributed by atoms with Gasteiger partial charge in [0.25, 0.3) is 0 Å². The smallest absolute Gasteiger partial charge is 0.110 e. The molecule has 0 saturated carbocycles. The first kappa shape index (κ1) is 13.3. The zero-order valence-corrected chi connectivity index (χ0v) is 12.3. The van der Waals surface area contributed by atoms with E-state index >= 15 is 0 Å². The van der Waals surface area contributed by atoms with Gasteiger partial charge in [-0.15, -0.1) is 0 Å². The maximum Gasteiger partial charge on any atom is 0.110 e. The van der Waals surface area contributed by atoms with E-state index in [0.717, 1.165) is 28.8 Å². The molecule has 1 aromatic heterocycles. The van der Waals surface area contributed by atoms with Crippen LogP contribution in [-0.4, -0.2) is 9.55 Å². The highest BCUT2D eigenvalue weighted by molar-refractivity contribution is 9.10. The number of aromatic nitrogens is 2. The van der Waals surface area contributed by atoms with E-state index in [1.165, 1.54) is 5.56 Å². The van der Waals surface area contributed by atoms with Gasteiger partial charge in [0, 0.05) is 35.9 Å². The van der Waals surface area contributed by atoms with Crippen LogP contribution in [-0.2, 0) is 13.0 Å². The van der Waals surface area contributed by atoms with Gasteiger partial charge in [-0.25, -0.2) is 4.98 Å². The second-order valence-electron chi connectivity index (χ2n) is 4.45. The first-order valence-electron chi connectivity index (χ1n) is 6.13. The summed E-state index contributed by atoms with van der Waals surface area (Å²) < 4.78 is 3.23. The van der Waals surface area contributed by atoms with Gasteiger partial charge in [0.15, 0.2) is 0 Å². The lowest BCUT2D eigenvalue weighted by Crippen LogP contribution is -2.16. The van der Waals surface area contributed by atoms with Crippen LogP contribution >= 0.6 is 15.9 Å². The summed E-state index contributed by atoms with van der Waals surface area (Å²) >= 11 is 3.54. The maximum atomic E-state index is 6.25. The fraction of sp³-hybridized carbons (Fsp3) is 0.357. The van der Waals surface area contributed by atoms with E-state index in [1.807, 2.05) is 12.4 Å². The van der Waals surface area contributed by atoms with Crippen LogP contribution in [0.5, 0.6) is 0 Å². The Morgan fingerprint density at radius 3 is 2.89 bits per heavy atom. The van der Waals surface area contributed by atoms with Crippen LogP contribution in [0.4, 0.5) is 0 Å². The molecule has 96 valence electrons. The molecular formula is C14H18BrN3. The molecule has 0 spiro atoms. The predicted molar refractivity (Wildman–Crippen MR) is 77.4 cm³/mol. The van der Waals surface area contributed by atoms with Crippen molar-refractivity contribution in [2.24, 2.45) is 5.73 Å². The Balaban J connectivity index is 2.16. The molecule has 2 N–H and O–H groups in total. The third kappa shape index (κ3) is 2.82. The molecule has 2 aromatic rings. The maximum absolute atomic E-state index is 6.25. The molecule has 0 fully saturated rings. The molecule has 0 amide bonds. The lowest BCUT2D eigenvalue weighted by Gasteiger charge is -2.14. The second kappa shape index (κ2) is 5.67. The topological polar surface area (TPSA) is 43.8 Å². The second-order valence-corrected chi connectivity index (χ2v) is 5.30. The number of nitrogens with two attached hydrogens (primary N) is 1. The summed E-state index contributed by atoms with van der Waals surface area (Å²) in [6, 6.07) is 6.25. The molecule has 4 heteroatoms. The highest BCUT2D eigenvalue weighted by Crippen LogP contribution is 2.22. The van der Waals surface area contributed by atoms with E-state index in [2.05, 4.69) is 57.5 Å². The van der Waals surface area contributed by atoms with Crippen LogP contribution in [0.25, 0.3) is 0 Å². The van der Waals surface area contributed by atoms with E-state index < -0.39 is 0 Å². The van der Waals surface area contributed by atoms with Crippen molar-refractivity contribution in [2.45, 2.75) is 32.9 Å². The summed E-state index contributed by atoms with van der Waals surface area (Å²) in [5.41, 5.74) is 8.61. The van der Waals surface area contributed by atoms with Crippen LogP contribution in [0, 0.1) is 6.92 Å². The largest absolute Gasteiger partial charge is 0.335 e. The van der Waals surface area contributed by atoms with Crippen molar-refractivity contribution < 1.29 is 0 Å². The van der Waals surface area contributed by atoms with Crippen LogP contribution in [0.1, 0.15) is 29.9 Å².